The Morgan fingerprint density at radius 3 is 2.50 bits per heavy atom. The Bertz CT molecular complexity index is 907. The summed E-state index contributed by atoms with van der Waals surface area (Å²) < 4.78 is 45.2. The summed E-state index contributed by atoms with van der Waals surface area (Å²) in [4.78, 5) is 16.1. The Labute approximate surface area is 138 Å². The third kappa shape index (κ3) is 4.08. The van der Waals surface area contributed by atoms with Crippen LogP contribution in [0.5, 0.6) is 5.75 Å². The van der Waals surface area contributed by atoms with Crippen LogP contribution in [-0.4, -0.2) is 11.3 Å². The molecule has 4 nitrogen and oxygen atoms in total. The molecule has 0 N–H and O–H groups in total. The van der Waals surface area contributed by atoms with Crippen LogP contribution in [0.3, 0.4) is 0 Å². The molecule has 0 saturated carbocycles. The van der Waals surface area contributed by atoms with Gasteiger partial charge in [0.15, 0.2) is 0 Å². The van der Waals surface area contributed by atoms with E-state index in [4.69, 9.17) is 4.42 Å². The van der Waals surface area contributed by atoms with E-state index in [1.807, 2.05) is 0 Å². The van der Waals surface area contributed by atoms with Gasteiger partial charge in [-0.25, -0.2) is 9.78 Å². The molecular weight excluding hydrogens is 343 g/mol. The van der Waals surface area contributed by atoms with Gasteiger partial charge in [0.25, 0.3) is 5.22 Å². The van der Waals surface area contributed by atoms with Crippen LogP contribution < -0.4 is 10.4 Å². The van der Waals surface area contributed by atoms with Crippen LogP contribution in [0, 0.1) is 0 Å². The van der Waals surface area contributed by atoms with Crippen molar-refractivity contribution in [2.45, 2.75) is 17.3 Å². The number of rotatable bonds is 4. The number of fused-ring (bicyclic) bond motifs is 1. The number of thioether (sulfide) groups is 1. The molecule has 0 aliphatic rings. The fourth-order valence-electron chi connectivity index (χ4n) is 1.99. The van der Waals surface area contributed by atoms with E-state index < -0.39 is 12.0 Å². The number of aromatic nitrogens is 1. The lowest BCUT2D eigenvalue weighted by atomic mass is 10.2. The van der Waals surface area contributed by atoms with E-state index in [1.165, 1.54) is 36.0 Å². The van der Waals surface area contributed by atoms with Gasteiger partial charge in [0.2, 0.25) is 0 Å². The molecule has 3 rings (SSSR count). The molecule has 0 aliphatic carbocycles. The molecule has 0 aliphatic heterocycles. The number of hydrogen-bond donors (Lipinski definition) is 0. The van der Waals surface area contributed by atoms with Crippen molar-refractivity contribution < 1.29 is 22.3 Å². The molecule has 1 heterocycles. The van der Waals surface area contributed by atoms with Crippen molar-refractivity contribution in [3.63, 3.8) is 0 Å². The zero-order valence-corrected chi connectivity index (χ0v) is 12.9. The largest absolute Gasteiger partial charge is 0.573 e. The topological polar surface area (TPSA) is 52.3 Å². The first-order chi connectivity index (χ1) is 11.4. The van der Waals surface area contributed by atoms with Crippen molar-refractivity contribution in [3.8, 4) is 5.75 Å². The predicted octanol–water partition coefficient (Wildman–Crippen LogP) is 4.38. The number of halogens is 3. The Morgan fingerprint density at radius 2 is 1.79 bits per heavy atom. The van der Waals surface area contributed by atoms with Gasteiger partial charge in [-0.05, 0) is 29.8 Å². The lowest BCUT2D eigenvalue weighted by Crippen LogP contribution is -2.16. The summed E-state index contributed by atoms with van der Waals surface area (Å²) in [5, 5.41) is 0.602. The number of alkyl halides is 3. The second kappa shape index (κ2) is 6.56. The van der Waals surface area contributed by atoms with Crippen LogP contribution >= 0.6 is 11.8 Å². The van der Waals surface area contributed by atoms with Gasteiger partial charge in [0, 0.05) is 5.75 Å². The summed E-state index contributed by atoms with van der Waals surface area (Å²) in [6.07, 6.45) is -4.71. The maximum absolute atomic E-state index is 12.1. The first-order valence-electron chi connectivity index (χ1n) is 6.78. The molecule has 0 atom stereocenters. The minimum absolute atomic E-state index is 0.203. The summed E-state index contributed by atoms with van der Waals surface area (Å²) in [5.74, 6) is 0.104. The van der Waals surface area contributed by atoms with Crippen LogP contribution in [0.1, 0.15) is 5.56 Å². The second-order valence-electron chi connectivity index (χ2n) is 4.76. The van der Waals surface area contributed by atoms with Crippen molar-refractivity contribution in [3.05, 3.63) is 64.5 Å². The molecular formula is C16H10F3NO3S. The molecule has 1 aromatic heterocycles. The third-order valence-electron chi connectivity index (χ3n) is 3.03. The van der Waals surface area contributed by atoms with E-state index in [-0.39, 0.29) is 11.0 Å². The second-order valence-corrected chi connectivity index (χ2v) is 5.69. The molecule has 2 aromatic carbocycles. The molecule has 0 unspecified atom stereocenters. The average molecular weight is 353 g/mol. The van der Waals surface area contributed by atoms with Gasteiger partial charge in [-0.15, -0.1) is 13.2 Å². The molecule has 124 valence electrons. The fourth-order valence-corrected chi connectivity index (χ4v) is 2.77. The normalized spacial score (nSPS) is 11.6. The van der Waals surface area contributed by atoms with E-state index in [0.717, 1.165) is 5.56 Å². The standard InChI is InChI=1S/C16H10F3NO3S/c17-16(18,19)23-11-7-5-10(6-8-11)9-24-15-20-13-4-2-1-3-12(13)14(21)22-15/h1-8H,9H2. The molecule has 0 radical (unpaired) electrons. The molecule has 0 saturated heterocycles. The van der Waals surface area contributed by atoms with Gasteiger partial charge in [-0.2, -0.15) is 0 Å². The van der Waals surface area contributed by atoms with E-state index in [0.29, 0.717) is 16.7 Å². The van der Waals surface area contributed by atoms with Crippen molar-refractivity contribution >= 4 is 22.7 Å². The molecule has 0 spiro atoms. The summed E-state index contributed by atoms with van der Waals surface area (Å²) in [5.41, 5.74) is 0.800. The molecule has 0 bridgehead atoms. The van der Waals surface area contributed by atoms with Crippen molar-refractivity contribution in [1.82, 2.24) is 4.98 Å². The highest BCUT2D eigenvalue weighted by molar-refractivity contribution is 7.98. The Kier molecular flexibility index (Phi) is 4.48. The minimum atomic E-state index is -4.71. The van der Waals surface area contributed by atoms with E-state index in [1.54, 1.807) is 24.3 Å². The van der Waals surface area contributed by atoms with Gasteiger partial charge in [0.1, 0.15) is 5.75 Å². The molecule has 24 heavy (non-hydrogen) atoms. The lowest BCUT2D eigenvalue weighted by Gasteiger charge is -2.09. The van der Waals surface area contributed by atoms with Crippen LogP contribution in [0.15, 0.2) is 63.0 Å². The Hall–Kier alpha value is -2.48. The smallest absolute Gasteiger partial charge is 0.406 e. The van der Waals surface area contributed by atoms with Crippen LogP contribution in [0.2, 0.25) is 0 Å². The summed E-state index contributed by atoms with van der Waals surface area (Å²) in [7, 11) is 0. The van der Waals surface area contributed by atoms with Crippen molar-refractivity contribution in [1.29, 1.82) is 0 Å². The van der Waals surface area contributed by atoms with Crippen LogP contribution in [-0.2, 0) is 5.75 Å². The van der Waals surface area contributed by atoms with Crippen molar-refractivity contribution in [2.75, 3.05) is 0 Å². The average Bonchev–Trinajstić information content (AvgIpc) is 2.53. The van der Waals surface area contributed by atoms with Gasteiger partial charge in [-0.3, -0.25) is 0 Å². The monoisotopic (exact) mass is 353 g/mol. The Morgan fingerprint density at radius 1 is 1.08 bits per heavy atom. The quantitative estimate of drug-likeness (QED) is 0.652. The Balaban J connectivity index is 1.71. The molecule has 0 fully saturated rings. The zero-order valence-electron chi connectivity index (χ0n) is 12.0. The van der Waals surface area contributed by atoms with Crippen molar-refractivity contribution in [2.24, 2.45) is 0 Å². The molecule has 8 heteroatoms. The fraction of sp³-hybridized carbons (Fsp3) is 0.125. The number of hydrogen-bond acceptors (Lipinski definition) is 5. The third-order valence-corrected chi connectivity index (χ3v) is 3.93. The molecule has 0 amide bonds. The van der Waals surface area contributed by atoms with Crippen LogP contribution in [0.25, 0.3) is 10.9 Å². The maximum Gasteiger partial charge on any atom is 0.573 e. The van der Waals surface area contributed by atoms with Gasteiger partial charge in [-0.1, -0.05) is 36.0 Å². The zero-order chi connectivity index (χ0) is 17.2. The number of nitrogens with zero attached hydrogens (tertiary/aromatic N) is 1. The lowest BCUT2D eigenvalue weighted by molar-refractivity contribution is -0.274. The predicted molar refractivity (Wildman–Crippen MR) is 83.0 cm³/mol. The first-order valence-corrected chi connectivity index (χ1v) is 7.77. The summed E-state index contributed by atoms with van der Waals surface area (Å²) in [6.45, 7) is 0. The van der Waals surface area contributed by atoms with Gasteiger partial charge < -0.3 is 9.15 Å². The highest BCUT2D eigenvalue weighted by atomic mass is 32.2. The first kappa shape index (κ1) is 16.4. The maximum atomic E-state index is 12.1. The minimum Gasteiger partial charge on any atom is -0.406 e. The highest BCUT2D eigenvalue weighted by Crippen LogP contribution is 2.25. The van der Waals surface area contributed by atoms with Gasteiger partial charge in [0.05, 0.1) is 10.9 Å². The molecule has 3 aromatic rings. The van der Waals surface area contributed by atoms with E-state index in [9.17, 15) is 18.0 Å². The number of ether oxygens (including phenoxy) is 1. The van der Waals surface area contributed by atoms with Gasteiger partial charge >= 0.3 is 12.0 Å². The number of para-hydroxylation sites is 1. The summed E-state index contributed by atoms with van der Waals surface area (Å²) in [6, 6.07) is 12.3. The van der Waals surface area contributed by atoms with Crippen LogP contribution in [0.4, 0.5) is 13.2 Å². The summed E-state index contributed by atoms with van der Waals surface area (Å²) >= 11 is 1.18. The SMILES string of the molecule is O=c1oc(SCc2ccc(OC(F)(F)F)cc2)nc2ccccc12. The number of benzene rings is 2. The van der Waals surface area contributed by atoms with E-state index >= 15 is 0 Å². The highest BCUT2D eigenvalue weighted by Gasteiger charge is 2.30. The van der Waals surface area contributed by atoms with E-state index in [2.05, 4.69) is 9.72 Å².